The predicted octanol–water partition coefficient (Wildman–Crippen LogP) is 5.64. The van der Waals surface area contributed by atoms with E-state index in [4.69, 9.17) is 23.5 Å². The Hall–Kier alpha value is -4.15. The Bertz CT molecular complexity index is 1670. The molecule has 1 saturated heterocycles. The number of nitrogens with one attached hydrogen (secondary N) is 1. The molecule has 1 aliphatic heterocycles. The fourth-order valence-corrected chi connectivity index (χ4v) is 5.26. The first-order valence-electron chi connectivity index (χ1n) is 14.8. The third-order valence-electron chi connectivity index (χ3n) is 8.53. The van der Waals surface area contributed by atoms with Gasteiger partial charge in [0.1, 0.15) is 11.5 Å². The maximum atomic E-state index is 12.5. The summed E-state index contributed by atoms with van der Waals surface area (Å²) in [7, 11) is 2.65. The van der Waals surface area contributed by atoms with E-state index < -0.39 is 18.3 Å². The number of hydrogen-bond acceptors (Lipinski definition) is 9. The zero-order chi connectivity index (χ0) is 31.6. The molecule has 4 aromatic rings. The molecule has 1 N–H and O–H groups in total. The molecule has 1 aromatic heterocycles. The molecule has 10 heteroatoms. The SMILES string of the molecule is CCOC(=O)Cc1ccc(-c2ccc3c(NCc4ccc(OC)cc4OC)nnc(C)c3c2)cc1B1OC(C)(C)C(C)(C)O1. The molecule has 0 radical (unpaired) electrons. The van der Waals surface area contributed by atoms with Crippen LogP contribution in [0.15, 0.2) is 54.6 Å². The molecule has 1 aliphatic rings. The van der Waals surface area contributed by atoms with Gasteiger partial charge in [-0.2, -0.15) is 5.10 Å². The van der Waals surface area contributed by atoms with E-state index in [-0.39, 0.29) is 12.4 Å². The number of carbonyl (C=O) groups excluding carboxylic acids is 1. The molecule has 3 aromatic carbocycles. The highest BCUT2D eigenvalue weighted by molar-refractivity contribution is 6.62. The molecule has 1 fully saturated rings. The van der Waals surface area contributed by atoms with Crippen LogP contribution in [0.25, 0.3) is 21.9 Å². The van der Waals surface area contributed by atoms with E-state index in [0.29, 0.717) is 19.0 Å². The van der Waals surface area contributed by atoms with Crippen LogP contribution in [0.1, 0.15) is 51.4 Å². The van der Waals surface area contributed by atoms with Gasteiger partial charge in [-0.15, -0.1) is 5.10 Å². The minimum atomic E-state index is -0.622. The van der Waals surface area contributed by atoms with Crippen LogP contribution in [0.2, 0.25) is 0 Å². The van der Waals surface area contributed by atoms with Crippen molar-refractivity contribution in [1.82, 2.24) is 10.2 Å². The highest BCUT2D eigenvalue weighted by atomic mass is 16.7. The van der Waals surface area contributed by atoms with Crippen LogP contribution in [-0.4, -0.2) is 55.3 Å². The molecule has 9 nitrogen and oxygen atoms in total. The van der Waals surface area contributed by atoms with Crippen molar-refractivity contribution in [3.05, 3.63) is 71.4 Å². The summed E-state index contributed by atoms with van der Waals surface area (Å²) < 4.78 is 28.9. The van der Waals surface area contributed by atoms with Crippen LogP contribution in [0.4, 0.5) is 5.82 Å². The van der Waals surface area contributed by atoms with Gasteiger partial charge in [0.25, 0.3) is 0 Å². The van der Waals surface area contributed by atoms with Crippen LogP contribution in [-0.2, 0) is 31.8 Å². The number of ether oxygens (including phenoxy) is 3. The summed E-state index contributed by atoms with van der Waals surface area (Å²) >= 11 is 0. The zero-order valence-corrected chi connectivity index (χ0v) is 26.7. The number of rotatable bonds is 10. The molecule has 0 unspecified atom stereocenters. The summed E-state index contributed by atoms with van der Waals surface area (Å²) in [5, 5.41) is 14.3. The highest BCUT2D eigenvalue weighted by Crippen LogP contribution is 2.37. The first kappa shape index (κ1) is 31.3. The van der Waals surface area contributed by atoms with Crippen molar-refractivity contribution >= 4 is 35.1 Å². The number of anilines is 1. The van der Waals surface area contributed by atoms with Crippen LogP contribution >= 0.6 is 0 Å². The van der Waals surface area contributed by atoms with E-state index >= 15 is 0 Å². The Kier molecular flexibility index (Phi) is 8.86. The third kappa shape index (κ3) is 6.23. The second-order valence-electron chi connectivity index (χ2n) is 11.9. The molecular formula is C34H40BN3O6. The minimum Gasteiger partial charge on any atom is -0.497 e. The number of carbonyl (C=O) groups is 1. The van der Waals surface area contributed by atoms with Crippen molar-refractivity contribution in [2.45, 2.75) is 65.7 Å². The Morgan fingerprint density at radius 1 is 0.864 bits per heavy atom. The van der Waals surface area contributed by atoms with Gasteiger partial charge in [0.15, 0.2) is 5.82 Å². The molecule has 0 spiro atoms. The Morgan fingerprint density at radius 3 is 2.23 bits per heavy atom. The third-order valence-corrected chi connectivity index (χ3v) is 8.53. The van der Waals surface area contributed by atoms with E-state index in [1.54, 1.807) is 21.1 Å². The second kappa shape index (κ2) is 12.5. The Balaban J connectivity index is 1.49. The molecule has 0 aliphatic carbocycles. The number of hydrogen-bond donors (Lipinski definition) is 1. The van der Waals surface area contributed by atoms with Gasteiger partial charge in [-0.25, -0.2) is 0 Å². The van der Waals surface area contributed by atoms with Crippen LogP contribution < -0.4 is 20.3 Å². The number of benzene rings is 3. The number of esters is 1. The van der Waals surface area contributed by atoms with Gasteiger partial charge in [0.2, 0.25) is 0 Å². The van der Waals surface area contributed by atoms with Gasteiger partial charge in [-0.3, -0.25) is 4.79 Å². The van der Waals surface area contributed by atoms with Crippen molar-refractivity contribution in [3.8, 4) is 22.6 Å². The normalized spacial score (nSPS) is 15.3. The summed E-state index contributed by atoms with van der Waals surface area (Å²) in [6.07, 6.45) is 0.133. The summed E-state index contributed by atoms with van der Waals surface area (Å²) in [6.45, 7) is 12.7. The largest absolute Gasteiger partial charge is 0.497 e. The first-order chi connectivity index (χ1) is 21.0. The summed E-state index contributed by atoms with van der Waals surface area (Å²) in [4.78, 5) is 12.5. The maximum Gasteiger partial charge on any atom is 0.495 e. The highest BCUT2D eigenvalue weighted by Gasteiger charge is 2.52. The van der Waals surface area contributed by atoms with Crippen molar-refractivity contribution in [2.75, 3.05) is 26.1 Å². The minimum absolute atomic E-state index is 0.133. The van der Waals surface area contributed by atoms with Crippen LogP contribution in [0.5, 0.6) is 11.5 Å². The summed E-state index contributed by atoms with van der Waals surface area (Å²) in [6, 6.07) is 18.0. The summed E-state index contributed by atoms with van der Waals surface area (Å²) in [5.74, 6) is 1.85. The average molecular weight is 598 g/mol. The lowest BCUT2D eigenvalue weighted by molar-refractivity contribution is -0.142. The van der Waals surface area contributed by atoms with Crippen LogP contribution in [0, 0.1) is 6.92 Å². The van der Waals surface area contributed by atoms with Crippen molar-refractivity contribution < 1.29 is 28.3 Å². The second-order valence-corrected chi connectivity index (χ2v) is 11.9. The van der Waals surface area contributed by atoms with Crippen molar-refractivity contribution in [1.29, 1.82) is 0 Å². The maximum absolute atomic E-state index is 12.5. The zero-order valence-electron chi connectivity index (χ0n) is 26.7. The van der Waals surface area contributed by atoms with E-state index in [9.17, 15) is 4.79 Å². The van der Waals surface area contributed by atoms with E-state index in [1.807, 2.05) is 65.0 Å². The standard InChI is InChI=1S/C34H40BN3O6/c1-9-42-31(39)18-24-11-10-23(17-29(24)35-43-33(3,4)34(5,6)44-35)22-13-15-27-28(16-22)21(2)37-38-32(27)36-20-25-12-14-26(40-7)19-30(25)41-8/h10-17,19H,9,18,20H2,1-8H3,(H,36,38). The lowest BCUT2D eigenvalue weighted by Crippen LogP contribution is -2.41. The van der Waals surface area contributed by atoms with E-state index in [2.05, 4.69) is 39.8 Å². The summed E-state index contributed by atoms with van der Waals surface area (Å²) in [5.41, 5.74) is 4.34. The number of nitrogens with zero attached hydrogens (tertiary/aromatic N) is 2. The lowest BCUT2D eigenvalue weighted by Gasteiger charge is -2.32. The molecule has 44 heavy (non-hydrogen) atoms. The van der Waals surface area contributed by atoms with E-state index in [1.165, 1.54) is 0 Å². The van der Waals surface area contributed by atoms with Gasteiger partial charge < -0.3 is 28.8 Å². The van der Waals surface area contributed by atoms with Gasteiger partial charge in [-0.05, 0) is 88.0 Å². The fraction of sp³-hybridized carbons (Fsp3) is 0.382. The Labute approximate surface area is 259 Å². The molecule has 230 valence electrons. The average Bonchev–Trinajstić information content (AvgIpc) is 3.22. The topological polar surface area (TPSA) is 101 Å². The molecule has 5 rings (SSSR count). The monoisotopic (exact) mass is 597 g/mol. The number of methoxy groups -OCH3 is 2. The van der Waals surface area contributed by atoms with Crippen molar-refractivity contribution in [3.63, 3.8) is 0 Å². The first-order valence-corrected chi connectivity index (χ1v) is 14.8. The molecule has 0 amide bonds. The Morgan fingerprint density at radius 2 is 1.55 bits per heavy atom. The van der Waals surface area contributed by atoms with Gasteiger partial charge >= 0.3 is 13.1 Å². The van der Waals surface area contributed by atoms with Crippen molar-refractivity contribution in [2.24, 2.45) is 0 Å². The molecule has 0 atom stereocenters. The molecular weight excluding hydrogens is 557 g/mol. The number of aryl methyl sites for hydroxylation is 1. The van der Waals surface area contributed by atoms with Gasteiger partial charge in [-0.1, -0.05) is 24.3 Å². The lowest BCUT2D eigenvalue weighted by atomic mass is 9.74. The quantitative estimate of drug-likeness (QED) is 0.184. The number of fused-ring (bicyclic) bond motifs is 1. The molecule has 0 saturated carbocycles. The fourth-order valence-electron chi connectivity index (χ4n) is 5.26. The molecule has 0 bridgehead atoms. The molecule has 2 heterocycles. The number of aromatic nitrogens is 2. The van der Waals surface area contributed by atoms with E-state index in [0.717, 1.165) is 55.7 Å². The predicted molar refractivity (Wildman–Crippen MR) is 173 cm³/mol. The van der Waals surface area contributed by atoms with Crippen LogP contribution in [0.3, 0.4) is 0 Å². The van der Waals surface area contributed by atoms with Gasteiger partial charge in [0.05, 0.1) is 44.1 Å². The van der Waals surface area contributed by atoms with Gasteiger partial charge in [0, 0.05) is 28.9 Å². The smallest absolute Gasteiger partial charge is 0.495 e.